The van der Waals surface area contributed by atoms with Crippen LogP contribution in [0.4, 0.5) is 17.6 Å². The van der Waals surface area contributed by atoms with Gasteiger partial charge in [0.1, 0.15) is 12.2 Å². The Bertz CT molecular complexity index is 534. The molecule has 8 heteroatoms. The second-order valence-electron chi connectivity index (χ2n) is 4.48. The van der Waals surface area contributed by atoms with Gasteiger partial charge in [0.25, 0.3) is 6.02 Å². The third-order valence-electron chi connectivity index (χ3n) is 3.06. The van der Waals surface area contributed by atoms with Gasteiger partial charge in [-0.1, -0.05) is 28.1 Å². The van der Waals surface area contributed by atoms with E-state index in [0.29, 0.717) is 10.0 Å². The van der Waals surface area contributed by atoms with Gasteiger partial charge in [0.05, 0.1) is 0 Å². The molecule has 2 N–H and O–H groups in total. The molecule has 1 aromatic carbocycles. The lowest BCUT2D eigenvalue weighted by atomic mass is 9.85. The van der Waals surface area contributed by atoms with Crippen molar-refractivity contribution >= 4 is 22.0 Å². The highest BCUT2D eigenvalue weighted by molar-refractivity contribution is 9.10. The third kappa shape index (κ3) is 2.89. The third-order valence-corrected chi connectivity index (χ3v) is 3.55. The Kier molecular flexibility index (Phi) is 3.95. The number of hydrogen-bond acceptors (Lipinski definition) is 3. The molecule has 0 radical (unpaired) electrons. The van der Waals surface area contributed by atoms with Crippen LogP contribution in [0.15, 0.2) is 33.7 Å². The molecule has 1 aromatic rings. The van der Waals surface area contributed by atoms with Gasteiger partial charge in [-0.15, -0.1) is 0 Å². The van der Waals surface area contributed by atoms with E-state index in [1.54, 1.807) is 12.1 Å². The van der Waals surface area contributed by atoms with Crippen molar-refractivity contribution < 1.29 is 22.3 Å². The van der Waals surface area contributed by atoms with Crippen LogP contribution in [-0.4, -0.2) is 25.0 Å². The summed E-state index contributed by atoms with van der Waals surface area (Å²) in [6.45, 7) is -1.10. The fourth-order valence-corrected chi connectivity index (χ4v) is 2.48. The lowest BCUT2D eigenvalue weighted by Crippen LogP contribution is -2.47. The summed E-state index contributed by atoms with van der Waals surface area (Å²) >= 11 is 3.20. The molecule has 20 heavy (non-hydrogen) atoms. The van der Waals surface area contributed by atoms with Crippen LogP contribution in [0.25, 0.3) is 0 Å². The first-order chi connectivity index (χ1) is 9.27. The Morgan fingerprint density at radius 1 is 1.45 bits per heavy atom. The van der Waals surface area contributed by atoms with Crippen molar-refractivity contribution in [3.05, 3.63) is 34.3 Å². The highest BCUT2D eigenvalue weighted by atomic mass is 79.9. The maximum Gasteiger partial charge on any atom is 0.425 e. The molecule has 2 rings (SSSR count). The minimum Gasteiger partial charge on any atom is -0.452 e. The van der Waals surface area contributed by atoms with Crippen LogP contribution in [0.5, 0.6) is 0 Å². The molecule has 0 bridgehead atoms. The van der Waals surface area contributed by atoms with Crippen LogP contribution in [-0.2, 0) is 10.3 Å². The molecular formula is C12H11BrF4N2O. The number of nitrogens with zero attached hydrogens (tertiary/aromatic N) is 1. The number of benzene rings is 1. The van der Waals surface area contributed by atoms with E-state index in [4.69, 9.17) is 5.73 Å². The molecule has 110 valence electrons. The molecule has 3 nitrogen and oxygen atoms in total. The molecular weight excluding hydrogens is 344 g/mol. The topological polar surface area (TPSA) is 47.6 Å². The van der Waals surface area contributed by atoms with Gasteiger partial charge in [0, 0.05) is 10.9 Å². The molecule has 1 heterocycles. The number of hydrogen-bond donors (Lipinski definition) is 1. The maximum atomic E-state index is 13.5. The average molecular weight is 355 g/mol. The minimum absolute atomic E-state index is 0.315. The Morgan fingerprint density at radius 3 is 2.70 bits per heavy atom. The van der Waals surface area contributed by atoms with Crippen LogP contribution in [0.3, 0.4) is 0 Å². The van der Waals surface area contributed by atoms with Gasteiger partial charge in [-0.05, 0) is 17.7 Å². The Labute approximate surface area is 120 Å². The van der Waals surface area contributed by atoms with Gasteiger partial charge in [0.2, 0.25) is 0 Å². The fraction of sp³-hybridized carbons (Fsp3) is 0.417. The molecule has 0 aliphatic carbocycles. The Morgan fingerprint density at radius 2 is 2.15 bits per heavy atom. The second-order valence-corrected chi connectivity index (χ2v) is 5.39. The smallest absolute Gasteiger partial charge is 0.425 e. The van der Waals surface area contributed by atoms with Crippen LogP contribution >= 0.6 is 15.9 Å². The van der Waals surface area contributed by atoms with Gasteiger partial charge in [0.15, 0.2) is 6.10 Å². The summed E-state index contributed by atoms with van der Waals surface area (Å²) in [6.07, 6.45) is -7.45. The van der Waals surface area contributed by atoms with E-state index in [2.05, 4.69) is 25.7 Å². The molecule has 1 aliphatic heterocycles. The number of nitrogens with two attached hydrogens (primary N) is 1. The fourth-order valence-electron chi connectivity index (χ4n) is 2.08. The summed E-state index contributed by atoms with van der Waals surface area (Å²) in [5.74, 6) is 0. The molecule has 0 amide bonds. The van der Waals surface area contributed by atoms with Crippen LogP contribution in [0.1, 0.15) is 12.0 Å². The predicted octanol–water partition coefficient (Wildman–Crippen LogP) is 3.28. The molecule has 0 saturated heterocycles. The summed E-state index contributed by atoms with van der Waals surface area (Å²) in [7, 11) is 0. The van der Waals surface area contributed by atoms with E-state index in [0.717, 1.165) is 0 Å². The van der Waals surface area contributed by atoms with E-state index in [-0.39, 0.29) is 0 Å². The van der Waals surface area contributed by atoms with Crippen LogP contribution < -0.4 is 5.73 Å². The molecule has 1 aliphatic rings. The summed E-state index contributed by atoms with van der Waals surface area (Å²) in [4.78, 5) is 3.78. The number of rotatable bonds is 2. The summed E-state index contributed by atoms with van der Waals surface area (Å²) < 4.78 is 57.1. The lowest BCUT2D eigenvalue weighted by molar-refractivity contribution is -0.209. The van der Waals surface area contributed by atoms with Crippen molar-refractivity contribution in [1.82, 2.24) is 0 Å². The van der Waals surface area contributed by atoms with Crippen LogP contribution in [0.2, 0.25) is 0 Å². The molecule has 2 atom stereocenters. The van der Waals surface area contributed by atoms with E-state index in [9.17, 15) is 17.6 Å². The molecule has 0 aromatic heterocycles. The lowest BCUT2D eigenvalue weighted by Gasteiger charge is -2.36. The first-order valence-corrected chi connectivity index (χ1v) is 6.47. The zero-order valence-electron chi connectivity index (χ0n) is 10.1. The van der Waals surface area contributed by atoms with Crippen molar-refractivity contribution in [3.8, 4) is 0 Å². The van der Waals surface area contributed by atoms with E-state index in [1.165, 1.54) is 12.1 Å². The first kappa shape index (κ1) is 15.1. The summed E-state index contributed by atoms with van der Waals surface area (Å²) in [5, 5.41) is 0. The van der Waals surface area contributed by atoms with Crippen molar-refractivity contribution in [2.45, 2.75) is 24.2 Å². The van der Waals surface area contributed by atoms with Crippen molar-refractivity contribution in [2.75, 3.05) is 6.67 Å². The van der Waals surface area contributed by atoms with Crippen molar-refractivity contribution in [3.63, 3.8) is 0 Å². The van der Waals surface area contributed by atoms with Gasteiger partial charge < -0.3 is 10.5 Å². The van der Waals surface area contributed by atoms with Crippen molar-refractivity contribution in [2.24, 2.45) is 10.7 Å². The highest BCUT2D eigenvalue weighted by Crippen LogP contribution is 2.40. The molecule has 0 fully saturated rings. The van der Waals surface area contributed by atoms with E-state index in [1.807, 2.05) is 0 Å². The van der Waals surface area contributed by atoms with Gasteiger partial charge >= 0.3 is 6.18 Å². The Hall–Kier alpha value is -1.31. The predicted molar refractivity (Wildman–Crippen MR) is 69.0 cm³/mol. The quantitative estimate of drug-likeness (QED) is 0.828. The largest absolute Gasteiger partial charge is 0.452 e. The first-order valence-electron chi connectivity index (χ1n) is 5.67. The summed E-state index contributed by atoms with van der Waals surface area (Å²) in [5.41, 5.74) is 3.94. The molecule has 0 unspecified atom stereocenters. The van der Waals surface area contributed by atoms with Crippen molar-refractivity contribution in [1.29, 1.82) is 0 Å². The zero-order valence-corrected chi connectivity index (χ0v) is 11.7. The number of alkyl halides is 4. The number of amidine groups is 1. The average Bonchev–Trinajstić information content (AvgIpc) is 2.37. The standard InChI is InChI=1S/C12H11BrF4N2O/c13-8-3-1-2-7(4-8)11(6-14)5-9(12(15,16)17)20-10(18)19-11/h1-4,9H,5-6H2,(H2,18,19)/t9-,11+/m0/s1. The zero-order chi connectivity index (χ0) is 15.0. The van der Waals surface area contributed by atoms with E-state index < -0.39 is 36.9 Å². The SMILES string of the molecule is NC1=N[C@](CF)(c2cccc(Br)c2)C[C@@H](C(F)(F)F)O1. The second kappa shape index (κ2) is 5.23. The monoisotopic (exact) mass is 354 g/mol. The van der Waals surface area contributed by atoms with Gasteiger partial charge in [-0.25, -0.2) is 9.38 Å². The number of halogens is 5. The molecule has 0 saturated carbocycles. The number of ether oxygens (including phenoxy) is 1. The van der Waals surface area contributed by atoms with Crippen LogP contribution in [0, 0.1) is 0 Å². The highest BCUT2D eigenvalue weighted by Gasteiger charge is 2.51. The van der Waals surface area contributed by atoms with Gasteiger partial charge in [-0.3, -0.25) is 0 Å². The minimum atomic E-state index is -4.63. The summed E-state index contributed by atoms with van der Waals surface area (Å²) in [6, 6.07) is 5.66. The normalized spacial score (nSPS) is 26.9. The van der Waals surface area contributed by atoms with Gasteiger partial charge in [-0.2, -0.15) is 13.2 Å². The number of aliphatic imine (C=N–C) groups is 1. The molecule has 0 spiro atoms. The maximum absolute atomic E-state index is 13.5. The van der Waals surface area contributed by atoms with E-state index >= 15 is 0 Å². The Balaban J connectivity index is 2.47.